The number of piperazine rings is 1. The molecule has 1 fully saturated rings. The number of carbonyl (C=O) groups excluding carboxylic acids is 2. The minimum Gasteiger partial charge on any atom is -0.342 e. The number of halogens is 2. The first-order chi connectivity index (χ1) is 9.77. The molecule has 0 saturated carbocycles. The van der Waals surface area contributed by atoms with Gasteiger partial charge in [-0.05, 0) is 44.0 Å². The summed E-state index contributed by atoms with van der Waals surface area (Å²) in [7, 11) is 0. The number of carbonyl (C=O) groups is 2. The highest BCUT2D eigenvalue weighted by atomic mass is 35.5. The number of nitrogens with zero attached hydrogens (tertiary/aromatic N) is 1. The summed E-state index contributed by atoms with van der Waals surface area (Å²) in [4.78, 5) is 26.3. The number of rotatable bonds is 3. The van der Waals surface area contributed by atoms with E-state index in [9.17, 15) is 9.59 Å². The van der Waals surface area contributed by atoms with Crippen molar-refractivity contribution >= 4 is 35.0 Å². The Morgan fingerprint density at radius 2 is 1.95 bits per heavy atom. The average Bonchev–Trinajstić information content (AvgIpc) is 2.43. The molecule has 1 aliphatic heterocycles. The first-order valence-electron chi connectivity index (χ1n) is 6.83. The molecule has 1 aliphatic rings. The molecule has 1 saturated heterocycles. The van der Waals surface area contributed by atoms with Crippen molar-refractivity contribution in [3.8, 4) is 0 Å². The van der Waals surface area contributed by atoms with Crippen LogP contribution in [0.2, 0.25) is 10.0 Å². The van der Waals surface area contributed by atoms with Gasteiger partial charge in [0.15, 0.2) is 0 Å². The molecule has 0 aromatic heterocycles. The topological polar surface area (TPSA) is 49.4 Å². The highest BCUT2D eigenvalue weighted by Crippen LogP contribution is 2.28. The lowest BCUT2D eigenvalue weighted by atomic mass is 9.94. The average molecular weight is 329 g/mol. The van der Waals surface area contributed by atoms with Gasteiger partial charge in [0, 0.05) is 16.6 Å². The van der Waals surface area contributed by atoms with Crippen molar-refractivity contribution in [1.82, 2.24) is 10.2 Å². The lowest BCUT2D eigenvalue weighted by Crippen LogP contribution is -2.67. The van der Waals surface area contributed by atoms with Crippen LogP contribution in [0.3, 0.4) is 0 Å². The zero-order valence-corrected chi connectivity index (χ0v) is 13.8. The van der Waals surface area contributed by atoms with Gasteiger partial charge in [-0.3, -0.25) is 9.59 Å². The number of benzene rings is 1. The third-order valence-corrected chi connectivity index (χ3v) is 4.45. The van der Waals surface area contributed by atoms with Gasteiger partial charge in [0.05, 0.1) is 0 Å². The second-order valence-corrected chi connectivity index (χ2v) is 6.50. The molecule has 2 amide bonds. The first-order valence-corrected chi connectivity index (χ1v) is 7.59. The molecule has 114 valence electrons. The SMILES string of the molecule is CCC1NC(=O)C(C)(C)N(Cc2cc(Cl)ccc2Cl)C1=O. The Balaban J connectivity index is 2.36. The maximum Gasteiger partial charge on any atom is 0.246 e. The van der Waals surface area contributed by atoms with Gasteiger partial charge >= 0.3 is 0 Å². The second kappa shape index (κ2) is 5.85. The van der Waals surface area contributed by atoms with Gasteiger partial charge < -0.3 is 10.2 Å². The van der Waals surface area contributed by atoms with Crippen molar-refractivity contribution in [3.63, 3.8) is 0 Å². The molecule has 1 N–H and O–H groups in total. The van der Waals surface area contributed by atoms with Crippen LogP contribution in [0.5, 0.6) is 0 Å². The summed E-state index contributed by atoms with van der Waals surface area (Å²) in [5.74, 6) is -0.259. The molecule has 0 radical (unpaired) electrons. The second-order valence-electron chi connectivity index (χ2n) is 5.65. The Morgan fingerprint density at radius 3 is 2.57 bits per heavy atom. The molecule has 4 nitrogen and oxygen atoms in total. The summed E-state index contributed by atoms with van der Waals surface area (Å²) in [6, 6.07) is 4.63. The van der Waals surface area contributed by atoms with Gasteiger partial charge in [-0.25, -0.2) is 0 Å². The van der Waals surface area contributed by atoms with E-state index >= 15 is 0 Å². The predicted octanol–water partition coefficient (Wildman–Crippen LogP) is 3.01. The van der Waals surface area contributed by atoms with E-state index in [4.69, 9.17) is 23.2 Å². The van der Waals surface area contributed by atoms with Crippen LogP contribution in [0.25, 0.3) is 0 Å². The quantitative estimate of drug-likeness (QED) is 0.927. The Kier molecular flexibility index (Phi) is 4.49. The number of amides is 2. The monoisotopic (exact) mass is 328 g/mol. The Bertz CT molecular complexity index is 587. The molecule has 21 heavy (non-hydrogen) atoms. The summed E-state index contributed by atoms with van der Waals surface area (Å²) in [5, 5.41) is 3.84. The third-order valence-electron chi connectivity index (χ3n) is 3.84. The number of hydrogen-bond donors (Lipinski definition) is 1. The molecule has 6 heteroatoms. The summed E-state index contributed by atoms with van der Waals surface area (Å²) >= 11 is 12.2. The number of hydrogen-bond acceptors (Lipinski definition) is 2. The highest BCUT2D eigenvalue weighted by molar-refractivity contribution is 6.33. The maximum absolute atomic E-state index is 12.6. The minimum atomic E-state index is -0.922. The standard InChI is InChI=1S/C15H18Cl2N2O2/c1-4-12-13(20)19(15(2,3)14(21)18-12)8-9-7-10(16)5-6-11(9)17/h5-7,12H,4,8H2,1-3H3,(H,18,21). The van der Waals surface area contributed by atoms with Crippen LogP contribution in [-0.4, -0.2) is 28.3 Å². The largest absolute Gasteiger partial charge is 0.342 e. The molecule has 0 spiro atoms. The van der Waals surface area contributed by atoms with Gasteiger partial charge in [0.1, 0.15) is 11.6 Å². The molecular weight excluding hydrogens is 311 g/mol. The van der Waals surface area contributed by atoms with Crippen LogP contribution in [0, 0.1) is 0 Å². The molecule has 1 heterocycles. The van der Waals surface area contributed by atoms with Gasteiger partial charge in [0.25, 0.3) is 0 Å². The van der Waals surface area contributed by atoms with Gasteiger partial charge in [-0.15, -0.1) is 0 Å². The van der Waals surface area contributed by atoms with Crippen molar-refractivity contribution in [2.45, 2.75) is 45.3 Å². The molecule has 1 unspecified atom stereocenters. The van der Waals surface area contributed by atoms with Crippen LogP contribution in [-0.2, 0) is 16.1 Å². The molecule has 1 atom stereocenters. The molecule has 2 rings (SSSR count). The molecule has 0 bridgehead atoms. The smallest absolute Gasteiger partial charge is 0.246 e. The Labute approximate surface area is 134 Å². The van der Waals surface area contributed by atoms with Crippen LogP contribution >= 0.6 is 23.2 Å². The van der Waals surface area contributed by atoms with Crippen LogP contribution in [0.1, 0.15) is 32.8 Å². The fourth-order valence-corrected chi connectivity index (χ4v) is 2.74. The predicted molar refractivity (Wildman–Crippen MR) is 83.3 cm³/mol. The van der Waals surface area contributed by atoms with Crippen molar-refractivity contribution in [3.05, 3.63) is 33.8 Å². The van der Waals surface area contributed by atoms with E-state index in [1.165, 1.54) is 0 Å². The van der Waals surface area contributed by atoms with Gasteiger partial charge in [0.2, 0.25) is 11.8 Å². The molecule has 1 aromatic rings. The van der Waals surface area contributed by atoms with E-state index < -0.39 is 11.6 Å². The lowest BCUT2D eigenvalue weighted by molar-refractivity contribution is -0.156. The first kappa shape index (κ1) is 16.1. The van der Waals surface area contributed by atoms with Crippen molar-refractivity contribution in [2.24, 2.45) is 0 Å². The summed E-state index contributed by atoms with van der Waals surface area (Å²) in [6.07, 6.45) is 0.556. The summed E-state index contributed by atoms with van der Waals surface area (Å²) < 4.78 is 0. The highest BCUT2D eigenvalue weighted by Gasteiger charge is 2.45. The van der Waals surface area contributed by atoms with E-state index in [-0.39, 0.29) is 18.4 Å². The van der Waals surface area contributed by atoms with Crippen LogP contribution in [0.15, 0.2) is 18.2 Å². The zero-order valence-electron chi connectivity index (χ0n) is 12.2. The van der Waals surface area contributed by atoms with E-state index in [0.29, 0.717) is 16.5 Å². The summed E-state index contributed by atoms with van der Waals surface area (Å²) in [5.41, 5.74) is -0.191. The van der Waals surface area contributed by atoms with E-state index in [1.54, 1.807) is 36.9 Å². The third kappa shape index (κ3) is 3.01. The maximum atomic E-state index is 12.6. The fourth-order valence-electron chi connectivity index (χ4n) is 2.37. The zero-order chi connectivity index (χ0) is 15.8. The summed E-state index contributed by atoms with van der Waals surface area (Å²) in [6.45, 7) is 5.58. The molecular formula is C15H18Cl2N2O2. The van der Waals surface area contributed by atoms with Gasteiger partial charge in [-0.2, -0.15) is 0 Å². The van der Waals surface area contributed by atoms with Crippen LogP contribution in [0.4, 0.5) is 0 Å². The molecule has 0 aliphatic carbocycles. The van der Waals surface area contributed by atoms with Crippen LogP contribution < -0.4 is 5.32 Å². The normalized spacial score (nSPS) is 21.4. The van der Waals surface area contributed by atoms with Crippen molar-refractivity contribution < 1.29 is 9.59 Å². The Morgan fingerprint density at radius 1 is 1.29 bits per heavy atom. The minimum absolute atomic E-state index is 0.0989. The molecule has 1 aromatic carbocycles. The lowest BCUT2D eigenvalue weighted by Gasteiger charge is -2.44. The van der Waals surface area contributed by atoms with E-state index in [0.717, 1.165) is 5.56 Å². The van der Waals surface area contributed by atoms with E-state index in [2.05, 4.69) is 5.32 Å². The van der Waals surface area contributed by atoms with Crippen molar-refractivity contribution in [2.75, 3.05) is 0 Å². The van der Waals surface area contributed by atoms with E-state index in [1.807, 2.05) is 6.92 Å². The Hall–Kier alpha value is -1.26. The van der Waals surface area contributed by atoms with Crippen molar-refractivity contribution in [1.29, 1.82) is 0 Å². The fraction of sp³-hybridized carbons (Fsp3) is 0.467. The number of nitrogens with one attached hydrogen (secondary N) is 1. The van der Waals surface area contributed by atoms with Gasteiger partial charge in [-0.1, -0.05) is 30.1 Å².